The molecular formula is C25H30F3N7O. The standard InChI is InChI=1S/C25H30F3N7O/c1-6-18(7-2)24(36)34(5)21-12-30-25(33-23(21)32-15(3)4)29-10-17-11-31-35(14-17)13-16-8-19(26)22(28)20(27)9-16/h6,8-9,11-12,14-15H,7,10,13H2,1-5H3,(H2,29,30,32,33)/b18-6-. The topological polar surface area (TPSA) is 88.0 Å². The summed E-state index contributed by atoms with van der Waals surface area (Å²) in [4.78, 5) is 23.3. The molecule has 1 aromatic carbocycles. The number of anilines is 3. The summed E-state index contributed by atoms with van der Waals surface area (Å²) >= 11 is 0. The third-order valence-electron chi connectivity index (χ3n) is 5.39. The summed E-state index contributed by atoms with van der Waals surface area (Å²) < 4.78 is 41.6. The fourth-order valence-corrected chi connectivity index (χ4v) is 3.54. The number of carbonyl (C=O) groups excluding carboxylic acids is 1. The van der Waals surface area contributed by atoms with Gasteiger partial charge in [0.25, 0.3) is 5.91 Å². The van der Waals surface area contributed by atoms with Gasteiger partial charge in [-0.05, 0) is 44.9 Å². The molecule has 0 saturated heterocycles. The maximum atomic E-state index is 13.5. The molecule has 2 aromatic heterocycles. The Labute approximate surface area is 208 Å². The van der Waals surface area contributed by atoms with Crippen molar-refractivity contribution in [3.05, 3.63) is 71.0 Å². The van der Waals surface area contributed by atoms with Crippen LogP contribution in [0.5, 0.6) is 0 Å². The minimum atomic E-state index is -1.50. The monoisotopic (exact) mass is 501 g/mol. The minimum Gasteiger partial charge on any atom is -0.366 e. The highest BCUT2D eigenvalue weighted by Crippen LogP contribution is 2.26. The highest BCUT2D eigenvalue weighted by atomic mass is 19.2. The lowest BCUT2D eigenvalue weighted by Gasteiger charge is -2.22. The van der Waals surface area contributed by atoms with Crippen LogP contribution >= 0.6 is 0 Å². The van der Waals surface area contributed by atoms with Crippen molar-refractivity contribution in [2.75, 3.05) is 22.6 Å². The van der Waals surface area contributed by atoms with Crippen molar-refractivity contribution in [1.29, 1.82) is 0 Å². The van der Waals surface area contributed by atoms with Gasteiger partial charge < -0.3 is 15.5 Å². The summed E-state index contributed by atoms with van der Waals surface area (Å²) in [6, 6.07) is 1.96. The number of halogens is 3. The second-order valence-corrected chi connectivity index (χ2v) is 8.53. The van der Waals surface area contributed by atoms with Gasteiger partial charge in [-0.2, -0.15) is 10.1 Å². The Balaban J connectivity index is 1.72. The summed E-state index contributed by atoms with van der Waals surface area (Å²) in [7, 11) is 1.69. The van der Waals surface area contributed by atoms with Crippen molar-refractivity contribution in [2.45, 2.75) is 53.2 Å². The molecule has 2 N–H and O–H groups in total. The van der Waals surface area contributed by atoms with Gasteiger partial charge in [-0.15, -0.1) is 0 Å². The predicted molar refractivity (Wildman–Crippen MR) is 133 cm³/mol. The number of nitrogens with zero attached hydrogens (tertiary/aromatic N) is 5. The van der Waals surface area contributed by atoms with Gasteiger partial charge in [0.1, 0.15) is 5.69 Å². The number of aromatic nitrogens is 4. The Bertz CT molecular complexity index is 1230. The fourth-order valence-electron chi connectivity index (χ4n) is 3.54. The van der Waals surface area contributed by atoms with Crippen LogP contribution in [0.1, 0.15) is 45.2 Å². The van der Waals surface area contributed by atoms with Crippen LogP contribution < -0.4 is 15.5 Å². The van der Waals surface area contributed by atoms with E-state index in [1.807, 2.05) is 27.7 Å². The highest BCUT2D eigenvalue weighted by molar-refractivity contribution is 6.06. The number of likely N-dealkylation sites (N-methyl/N-ethyl adjacent to an activating group) is 1. The molecule has 36 heavy (non-hydrogen) atoms. The number of amides is 1. The van der Waals surface area contributed by atoms with Gasteiger partial charge in [0.15, 0.2) is 23.3 Å². The van der Waals surface area contributed by atoms with Crippen molar-refractivity contribution in [1.82, 2.24) is 19.7 Å². The maximum Gasteiger partial charge on any atom is 0.253 e. The molecule has 8 nitrogen and oxygen atoms in total. The molecule has 1 amide bonds. The minimum absolute atomic E-state index is 0.0710. The molecule has 11 heteroatoms. The van der Waals surface area contributed by atoms with Crippen LogP contribution in [0, 0.1) is 17.5 Å². The van der Waals surface area contributed by atoms with Crippen LogP contribution in [0.15, 0.2) is 42.4 Å². The summed E-state index contributed by atoms with van der Waals surface area (Å²) in [6.45, 7) is 8.11. The molecular weight excluding hydrogens is 471 g/mol. The third kappa shape index (κ3) is 6.41. The Hall–Kier alpha value is -3.89. The van der Waals surface area contributed by atoms with Crippen LogP contribution in [0.3, 0.4) is 0 Å². The van der Waals surface area contributed by atoms with Gasteiger partial charge in [-0.1, -0.05) is 13.0 Å². The molecule has 0 fully saturated rings. The van der Waals surface area contributed by atoms with Gasteiger partial charge in [-0.3, -0.25) is 9.48 Å². The number of hydrogen-bond donors (Lipinski definition) is 2. The lowest BCUT2D eigenvalue weighted by atomic mass is 10.1. The molecule has 0 bridgehead atoms. The maximum absolute atomic E-state index is 13.5. The Morgan fingerprint density at radius 3 is 2.47 bits per heavy atom. The first-order valence-corrected chi connectivity index (χ1v) is 11.6. The van der Waals surface area contributed by atoms with Crippen LogP contribution in [-0.4, -0.2) is 38.7 Å². The molecule has 0 aliphatic carbocycles. The molecule has 192 valence electrons. The Kier molecular flexibility index (Phi) is 8.68. The number of benzene rings is 1. The van der Waals surface area contributed by atoms with Crippen molar-refractivity contribution >= 4 is 23.4 Å². The van der Waals surface area contributed by atoms with E-state index in [9.17, 15) is 18.0 Å². The summed E-state index contributed by atoms with van der Waals surface area (Å²) in [5.74, 6) is -3.24. The van der Waals surface area contributed by atoms with Gasteiger partial charge in [-0.25, -0.2) is 18.2 Å². The van der Waals surface area contributed by atoms with Crippen LogP contribution in [-0.2, 0) is 17.9 Å². The lowest BCUT2D eigenvalue weighted by molar-refractivity contribution is -0.115. The zero-order valence-electron chi connectivity index (χ0n) is 20.9. The van der Waals surface area contributed by atoms with Gasteiger partial charge in [0.05, 0.1) is 18.9 Å². The zero-order valence-corrected chi connectivity index (χ0v) is 20.9. The Morgan fingerprint density at radius 2 is 1.86 bits per heavy atom. The average Bonchev–Trinajstić information content (AvgIpc) is 3.28. The molecule has 0 aliphatic rings. The zero-order chi connectivity index (χ0) is 26.4. The van der Waals surface area contributed by atoms with Crippen molar-refractivity contribution in [3.8, 4) is 0 Å². The summed E-state index contributed by atoms with van der Waals surface area (Å²) in [5, 5.41) is 10.6. The largest absolute Gasteiger partial charge is 0.366 e. The van der Waals surface area contributed by atoms with Gasteiger partial charge >= 0.3 is 0 Å². The van der Waals surface area contributed by atoms with Crippen molar-refractivity contribution < 1.29 is 18.0 Å². The van der Waals surface area contributed by atoms with Crippen LogP contribution in [0.2, 0.25) is 0 Å². The smallest absolute Gasteiger partial charge is 0.253 e. The number of rotatable bonds is 10. The van der Waals surface area contributed by atoms with E-state index in [0.717, 1.165) is 17.7 Å². The normalized spacial score (nSPS) is 11.6. The lowest BCUT2D eigenvalue weighted by Crippen LogP contribution is -2.29. The molecule has 0 aliphatic heterocycles. The number of hydrogen-bond acceptors (Lipinski definition) is 6. The summed E-state index contributed by atoms with van der Waals surface area (Å²) in [5.41, 5.74) is 2.27. The first kappa shape index (κ1) is 26.7. The molecule has 0 radical (unpaired) electrons. The molecule has 0 spiro atoms. The van der Waals surface area contributed by atoms with E-state index in [1.165, 1.54) is 9.58 Å². The quantitative estimate of drug-likeness (QED) is 0.304. The molecule has 3 rings (SSSR count). The molecule has 2 heterocycles. The van der Waals surface area contributed by atoms with Crippen molar-refractivity contribution in [3.63, 3.8) is 0 Å². The molecule has 0 unspecified atom stereocenters. The average molecular weight is 502 g/mol. The molecule has 0 atom stereocenters. The van der Waals surface area contributed by atoms with E-state index >= 15 is 0 Å². The van der Waals surface area contributed by atoms with E-state index in [2.05, 4.69) is 25.7 Å². The first-order chi connectivity index (χ1) is 17.1. The third-order valence-corrected chi connectivity index (χ3v) is 5.39. The van der Waals surface area contributed by atoms with Gasteiger partial charge in [0.2, 0.25) is 5.95 Å². The van der Waals surface area contributed by atoms with E-state index in [-0.39, 0.29) is 24.1 Å². The number of carbonyl (C=O) groups is 1. The van der Waals surface area contributed by atoms with E-state index in [4.69, 9.17) is 0 Å². The number of allylic oxidation sites excluding steroid dienone is 1. The van der Waals surface area contributed by atoms with Crippen molar-refractivity contribution in [2.24, 2.45) is 0 Å². The second kappa shape index (κ2) is 11.7. The number of nitrogens with one attached hydrogen (secondary N) is 2. The molecule has 0 saturated carbocycles. The Morgan fingerprint density at radius 1 is 1.17 bits per heavy atom. The van der Waals surface area contributed by atoms with E-state index < -0.39 is 17.5 Å². The van der Waals surface area contributed by atoms with E-state index in [1.54, 1.807) is 31.7 Å². The van der Waals surface area contributed by atoms with E-state index in [0.29, 0.717) is 36.0 Å². The second-order valence-electron chi connectivity index (χ2n) is 8.53. The molecule has 3 aromatic rings. The van der Waals surface area contributed by atoms with Crippen LogP contribution in [0.25, 0.3) is 0 Å². The van der Waals surface area contributed by atoms with Gasteiger partial charge in [0, 0.05) is 37.0 Å². The first-order valence-electron chi connectivity index (χ1n) is 11.6. The fraction of sp³-hybridized carbons (Fsp3) is 0.360. The summed E-state index contributed by atoms with van der Waals surface area (Å²) in [6.07, 6.45) is 7.30. The SMILES string of the molecule is C/C=C(/CC)C(=O)N(C)c1cnc(NCc2cnn(Cc3cc(F)c(F)c(F)c3)c2)nc1NC(C)C. The predicted octanol–water partition coefficient (Wildman–Crippen LogP) is 4.89. The highest BCUT2D eigenvalue weighted by Gasteiger charge is 2.20. The van der Waals surface area contributed by atoms with Crippen LogP contribution in [0.4, 0.5) is 30.6 Å².